The summed E-state index contributed by atoms with van der Waals surface area (Å²) in [6.07, 6.45) is 3.74. The minimum atomic E-state index is -0.0269. The number of carbonyl (C=O) groups excluding carboxylic acids is 1. The molecular weight excluding hydrogens is 204 g/mol. The summed E-state index contributed by atoms with van der Waals surface area (Å²) in [6, 6.07) is -0.0269. The summed E-state index contributed by atoms with van der Waals surface area (Å²) in [7, 11) is 0. The fourth-order valence-corrected chi connectivity index (χ4v) is 3.57. The van der Waals surface area contributed by atoms with E-state index in [0.29, 0.717) is 30.5 Å². The minimum Gasteiger partial charge on any atom is -0.374 e. The fraction of sp³-hybridized carbons (Fsp3) is 0.917. The van der Waals surface area contributed by atoms with Crippen molar-refractivity contribution < 1.29 is 9.53 Å². The molecular formula is C12H20N2O2. The standard InChI is InChI=1S/C12H20N2O2/c1-7(13)4-12(15)14-5-8-9(6-14)11-3-2-10(8)16-11/h7-11H,2-6,13H2,1H3. The van der Waals surface area contributed by atoms with Crippen molar-refractivity contribution in [2.75, 3.05) is 13.1 Å². The van der Waals surface area contributed by atoms with Gasteiger partial charge in [-0.3, -0.25) is 4.79 Å². The van der Waals surface area contributed by atoms with Crippen molar-refractivity contribution in [3.05, 3.63) is 0 Å². The Balaban J connectivity index is 1.63. The third-order valence-electron chi connectivity index (χ3n) is 4.30. The van der Waals surface area contributed by atoms with Crippen molar-refractivity contribution in [2.45, 2.75) is 44.4 Å². The third-order valence-corrected chi connectivity index (χ3v) is 4.30. The van der Waals surface area contributed by atoms with Crippen LogP contribution in [0.15, 0.2) is 0 Å². The quantitative estimate of drug-likeness (QED) is 0.737. The van der Waals surface area contributed by atoms with Crippen LogP contribution in [-0.2, 0) is 9.53 Å². The van der Waals surface area contributed by atoms with Gasteiger partial charge < -0.3 is 15.4 Å². The smallest absolute Gasteiger partial charge is 0.224 e. The predicted octanol–water partition coefficient (Wildman–Crippen LogP) is 0.359. The van der Waals surface area contributed by atoms with Crippen LogP contribution < -0.4 is 5.73 Å². The molecule has 4 nitrogen and oxygen atoms in total. The number of hydrogen-bond acceptors (Lipinski definition) is 3. The second kappa shape index (κ2) is 3.70. The number of rotatable bonds is 2. The summed E-state index contributed by atoms with van der Waals surface area (Å²) in [4.78, 5) is 13.9. The molecule has 3 aliphatic rings. The Bertz CT molecular complexity index is 287. The Labute approximate surface area is 96.1 Å². The lowest BCUT2D eigenvalue weighted by molar-refractivity contribution is -0.131. The van der Waals surface area contributed by atoms with Crippen LogP contribution in [0.1, 0.15) is 26.2 Å². The number of nitrogens with zero attached hydrogens (tertiary/aromatic N) is 1. The van der Waals surface area contributed by atoms with Gasteiger partial charge in [0.25, 0.3) is 0 Å². The zero-order valence-electron chi connectivity index (χ0n) is 9.76. The Morgan fingerprint density at radius 2 is 1.94 bits per heavy atom. The monoisotopic (exact) mass is 224 g/mol. The highest BCUT2D eigenvalue weighted by molar-refractivity contribution is 5.77. The molecule has 4 heteroatoms. The number of ether oxygens (including phenoxy) is 1. The molecule has 0 aliphatic carbocycles. The van der Waals surface area contributed by atoms with E-state index in [-0.39, 0.29) is 11.9 Å². The largest absolute Gasteiger partial charge is 0.374 e. The maximum atomic E-state index is 11.9. The van der Waals surface area contributed by atoms with E-state index < -0.39 is 0 Å². The second-order valence-corrected chi connectivity index (χ2v) is 5.60. The van der Waals surface area contributed by atoms with Gasteiger partial charge in [0.05, 0.1) is 12.2 Å². The minimum absolute atomic E-state index is 0.0269. The zero-order chi connectivity index (χ0) is 11.3. The molecule has 3 heterocycles. The molecule has 3 rings (SSSR count). The van der Waals surface area contributed by atoms with E-state index in [2.05, 4.69) is 0 Å². The first kappa shape index (κ1) is 10.5. The molecule has 16 heavy (non-hydrogen) atoms. The molecule has 1 amide bonds. The number of carbonyl (C=O) groups is 1. The van der Waals surface area contributed by atoms with Crippen LogP contribution in [-0.4, -0.2) is 42.1 Å². The number of amides is 1. The summed E-state index contributed by atoms with van der Waals surface area (Å²) < 4.78 is 5.89. The topological polar surface area (TPSA) is 55.6 Å². The van der Waals surface area contributed by atoms with Crippen LogP contribution in [0.4, 0.5) is 0 Å². The van der Waals surface area contributed by atoms with Gasteiger partial charge in [-0.15, -0.1) is 0 Å². The molecule has 2 bridgehead atoms. The van der Waals surface area contributed by atoms with Crippen LogP contribution in [0.5, 0.6) is 0 Å². The van der Waals surface area contributed by atoms with E-state index in [9.17, 15) is 4.79 Å². The molecule has 0 aromatic heterocycles. The number of hydrogen-bond donors (Lipinski definition) is 1. The molecule has 90 valence electrons. The maximum absolute atomic E-state index is 11.9. The van der Waals surface area contributed by atoms with Crippen LogP contribution in [0.3, 0.4) is 0 Å². The highest BCUT2D eigenvalue weighted by atomic mass is 16.5. The van der Waals surface area contributed by atoms with Crippen molar-refractivity contribution >= 4 is 5.91 Å². The Morgan fingerprint density at radius 3 is 2.44 bits per heavy atom. The van der Waals surface area contributed by atoms with E-state index in [1.807, 2.05) is 11.8 Å². The molecule has 5 atom stereocenters. The van der Waals surface area contributed by atoms with Crippen molar-refractivity contribution in [2.24, 2.45) is 17.6 Å². The third kappa shape index (κ3) is 1.55. The lowest BCUT2D eigenvalue weighted by Gasteiger charge is -2.19. The predicted molar refractivity (Wildman–Crippen MR) is 59.7 cm³/mol. The summed E-state index contributed by atoms with van der Waals surface area (Å²) in [5.41, 5.74) is 5.67. The van der Waals surface area contributed by atoms with Gasteiger partial charge in [0.2, 0.25) is 5.91 Å². The summed E-state index contributed by atoms with van der Waals surface area (Å²) in [5.74, 6) is 1.44. The first-order valence-corrected chi connectivity index (χ1v) is 6.34. The average molecular weight is 224 g/mol. The van der Waals surface area contributed by atoms with Gasteiger partial charge >= 0.3 is 0 Å². The fourth-order valence-electron chi connectivity index (χ4n) is 3.57. The Kier molecular flexibility index (Phi) is 2.44. The Morgan fingerprint density at radius 1 is 1.38 bits per heavy atom. The number of likely N-dealkylation sites (tertiary alicyclic amines) is 1. The number of fused-ring (bicyclic) bond motifs is 5. The molecule has 0 radical (unpaired) electrons. The summed E-state index contributed by atoms with van der Waals surface area (Å²) >= 11 is 0. The van der Waals surface area contributed by atoms with Crippen molar-refractivity contribution in [3.8, 4) is 0 Å². The van der Waals surface area contributed by atoms with E-state index >= 15 is 0 Å². The van der Waals surface area contributed by atoms with Crippen molar-refractivity contribution in [1.82, 2.24) is 4.90 Å². The summed E-state index contributed by atoms with van der Waals surface area (Å²) in [5, 5.41) is 0. The highest BCUT2D eigenvalue weighted by Gasteiger charge is 2.53. The first-order valence-electron chi connectivity index (χ1n) is 6.34. The maximum Gasteiger partial charge on any atom is 0.224 e. The average Bonchev–Trinajstić information content (AvgIpc) is 2.89. The molecule has 3 saturated heterocycles. The first-order chi connectivity index (χ1) is 7.65. The zero-order valence-corrected chi connectivity index (χ0v) is 9.76. The van der Waals surface area contributed by atoms with Gasteiger partial charge in [0.15, 0.2) is 0 Å². The van der Waals surface area contributed by atoms with Gasteiger partial charge in [0, 0.05) is 37.4 Å². The van der Waals surface area contributed by atoms with Gasteiger partial charge in [0.1, 0.15) is 0 Å². The molecule has 0 saturated carbocycles. The van der Waals surface area contributed by atoms with Crippen LogP contribution >= 0.6 is 0 Å². The molecule has 0 aromatic carbocycles. The van der Waals surface area contributed by atoms with E-state index in [1.54, 1.807) is 0 Å². The molecule has 5 unspecified atom stereocenters. The van der Waals surface area contributed by atoms with Crippen LogP contribution in [0, 0.1) is 11.8 Å². The second-order valence-electron chi connectivity index (χ2n) is 5.60. The molecule has 3 aliphatic heterocycles. The molecule has 0 spiro atoms. The molecule has 0 aromatic rings. The lowest BCUT2D eigenvalue weighted by atomic mass is 9.82. The summed E-state index contributed by atoms with van der Waals surface area (Å²) in [6.45, 7) is 3.69. The van der Waals surface area contributed by atoms with Crippen molar-refractivity contribution in [1.29, 1.82) is 0 Å². The normalized spacial score (nSPS) is 42.5. The van der Waals surface area contributed by atoms with Crippen LogP contribution in [0.2, 0.25) is 0 Å². The molecule has 3 fully saturated rings. The van der Waals surface area contributed by atoms with Crippen LogP contribution in [0.25, 0.3) is 0 Å². The van der Waals surface area contributed by atoms with E-state index in [4.69, 9.17) is 10.5 Å². The van der Waals surface area contributed by atoms with Gasteiger partial charge in [-0.25, -0.2) is 0 Å². The van der Waals surface area contributed by atoms with Crippen molar-refractivity contribution in [3.63, 3.8) is 0 Å². The highest BCUT2D eigenvalue weighted by Crippen LogP contribution is 2.47. The van der Waals surface area contributed by atoms with Gasteiger partial charge in [-0.1, -0.05) is 0 Å². The van der Waals surface area contributed by atoms with E-state index in [0.717, 1.165) is 13.1 Å². The van der Waals surface area contributed by atoms with E-state index in [1.165, 1.54) is 12.8 Å². The lowest BCUT2D eigenvalue weighted by Crippen LogP contribution is -2.35. The SMILES string of the molecule is CC(N)CC(=O)N1CC2C3CCC(O3)C2C1. The molecule has 2 N–H and O–H groups in total. The Hall–Kier alpha value is -0.610. The number of nitrogens with two attached hydrogens (primary N) is 1. The van der Waals surface area contributed by atoms with Gasteiger partial charge in [-0.05, 0) is 19.8 Å². The van der Waals surface area contributed by atoms with Gasteiger partial charge in [-0.2, -0.15) is 0 Å².